The standard InChI is InChI=1S/C15H12BrClN2O2/c1-7-2-3-12(9(16)4-7)21-13-6-11-8(5-10(13)17)14(18)15(20)19-11/h2-6,14H,18H2,1H3,(H,19,20). The molecular weight excluding hydrogens is 356 g/mol. The maximum absolute atomic E-state index is 11.6. The van der Waals surface area contributed by atoms with Crippen molar-refractivity contribution < 1.29 is 9.53 Å². The number of carbonyl (C=O) groups excluding carboxylic acids is 1. The summed E-state index contributed by atoms with van der Waals surface area (Å²) in [7, 11) is 0. The average Bonchev–Trinajstić information content (AvgIpc) is 2.69. The van der Waals surface area contributed by atoms with E-state index in [1.54, 1.807) is 12.1 Å². The third kappa shape index (κ3) is 2.64. The van der Waals surface area contributed by atoms with E-state index >= 15 is 0 Å². The Morgan fingerprint density at radius 2 is 2.05 bits per heavy atom. The molecule has 108 valence electrons. The molecule has 21 heavy (non-hydrogen) atoms. The fourth-order valence-electron chi connectivity index (χ4n) is 2.17. The van der Waals surface area contributed by atoms with E-state index in [1.807, 2.05) is 25.1 Å². The van der Waals surface area contributed by atoms with Crippen molar-refractivity contribution in [2.24, 2.45) is 5.73 Å². The number of aryl methyl sites for hydroxylation is 1. The van der Waals surface area contributed by atoms with Gasteiger partial charge < -0.3 is 15.8 Å². The van der Waals surface area contributed by atoms with Gasteiger partial charge in [0.2, 0.25) is 5.91 Å². The van der Waals surface area contributed by atoms with Gasteiger partial charge in [-0.05, 0) is 46.6 Å². The summed E-state index contributed by atoms with van der Waals surface area (Å²) in [5, 5.41) is 3.12. The number of amides is 1. The van der Waals surface area contributed by atoms with E-state index in [9.17, 15) is 4.79 Å². The van der Waals surface area contributed by atoms with E-state index in [-0.39, 0.29) is 5.91 Å². The number of halogens is 2. The molecule has 0 aromatic heterocycles. The van der Waals surface area contributed by atoms with E-state index < -0.39 is 6.04 Å². The predicted octanol–water partition coefficient (Wildman–Crippen LogP) is 4.16. The molecule has 3 rings (SSSR count). The number of fused-ring (bicyclic) bond motifs is 1. The monoisotopic (exact) mass is 366 g/mol. The lowest BCUT2D eigenvalue weighted by molar-refractivity contribution is -0.116. The van der Waals surface area contributed by atoms with Crippen molar-refractivity contribution in [3.05, 3.63) is 51.0 Å². The van der Waals surface area contributed by atoms with Crippen molar-refractivity contribution in [1.82, 2.24) is 0 Å². The quantitative estimate of drug-likeness (QED) is 0.838. The average molecular weight is 368 g/mol. The summed E-state index contributed by atoms with van der Waals surface area (Å²) in [5.41, 5.74) is 8.22. The maximum atomic E-state index is 11.6. The molecule has 1 atom stereocenters. The van der Waals surface area contributed by atoms with Crippen molar-refractivity contribution in [3.63, 3.8) is 0 Å². The van der Waals surface area contributed by atoms with Crippen LogP contribution in [0, 0.1) is 6.92 Å². The number of hydrogen-bond donors (Lipinski definition) is 2. The summed E-state index contributed by atoms with van der Waals surface area (Å²) >= 11 is 9.67. The highest BCUT2D eigenvalue weighted by Crippen LogP contribution is 2.40. The van der Waals surface area contributed by atoms with E-state index in [4.69, 9.17) is 22.1 Å². The van der Waals surface area contributed by atoms with E-state index in [0.29, 0.717) is 27.8 Å². The molecule has 1 aliphatic rings. The van der Waals surface area contributed by atoms with Crippen molar-refractivity contribution in [3.8, 4) is 11.5 Å². The minimum Gasteiger partial charge on any atom is -0.455 e. The molecule has 0 saturated heterocycles. The molecule has 0 radical (unpaired) electrons. The first kappa shape index (κ1) is 14.4. The van der Waals surface area contributed by atoms with Crippen LogP contribution in [-0.2, 0) is 4.79 Å². The van der Waals surface area contributed by atoms with Gasteiger partial charge in [0.15, 0.2) is 0 Å². The topological polar surface area (TPSA) is 64.3 Å². The highest BCUT2D eigenvalue weighted by atomic mass is 79.9. The Morgan fingerprint density at radius 1 is 1.29 bits per heavy atom. The van der Waals surface area contributed by atoms with Crippen LogP contribution in [0.25, 0.3) is 0 Å². The second kappa shape index (κ2) is 5.33. The number of anilines is 1. The summed E-state index contributed by atoms with van der Waals surface area (Å²) in [4.78, 5) is 11.6. The zero-order valence-corrected chi connectivity index (χ0v) is 13.5. The molecule has 1 heterocycles. The number of carbonyl (C=O) groups is 1. The Bertz CT molecular complexity index is 749. The lowest BCUT2D eigenvalue weighted by Crippen LogP contribution is -2.19. The van der Waals surface area contributed by atoms with Gasteiger partial charge >= 0.3 is 0 Å². The largest absolute Gasteiger partial charge is 0.455 e. The summed E-state index contributed by atoms with van der Waals surface area (Å²) in [6, 6.07) is 8.42. The van der Waals surface area contributed by atoms with Gasteiger partial charge in [0, 0.05) is 17.3 Å². The fraction of sp³-hybridized carbons (Fsp3) is 0.133. The lowest BCUT2D eigenvalue weighted by Gasteiger charge is -2.12. The van der Waals surface area contributed by atoms with E-state index in [0.717, 1.165) is 10.0 Å². The number of hydrogen-bond acceptors (Lipinski definition) is 3. The van der Waals surface area contributed by atoms with Crippen molar-refractivity contribution in [2.75, 3.05) is 5.32 Å². The minimum atomic E-state index is -0.683. The van der Waals surface area contributed by atoms with Crippen molar-refractivity contribution in [1.29, 1.82) is 0 Å². The van der Waals surface area contributed by atoms with Gasteiger partial charge in [-0.1, -0.05) is 17.7 Å². The van der Waals surface area contributed by atoms with Gasteiger partial charge in [0.05, 0.1) is 9.50 Å². The minimum absolute atomic E-state index is 0.241. The van der Waals surface area contributed by atoms with Crippen LogP contribution in [-0.4, -0.2) is 5.91 Å². The third-order valence-corrected chi connectivity index (χ3v) is 4.20. The molecule has 0 bridgehead atoms. The van der Waals surface area contributed by atoms with Gasteiger partial charge in [-0.2, -0.15) is 0 Å². The second-order valence-corrected chi connectivity index (χ2v) is 6.13. The summed E-state index contributed by atoms with van der Waals surface area (Å²) in [6.07, 6.45) is 0. The Balaban J connectivity index is 1.97. The zero-order valence-electron chi connectivity index (χ0n) is 11.1. The first-order valence-electron chi connectivity index (χ1n) is 6.29. The molecule has 0 aliphatic carbocycles. The Labute approximate surface area is 135 Å². The molecule has 1 unspecified atom stereocenters. The van der Waals surface area contributed by atoms with Gasteiger partial charge in [0.25, 0.3) is 0 Å². The van der Waals surface area contributed by atoms with Gasteiger partial charge in [0.1, 0.15) is 17.5 Å². The number of nitrogens with two attached hydrogens (primary N) is 1. The number of rotatable bonds is 2. The molecule has 1 amide bonds. The Kier molecular flexibility index (Phi) is 3.65. The lowest BCUT2D eigenvalue weighted by atomic mass is 10.1. The van der Waals surface area contributed by atoms with Crippen LogP contribution in [0.4, 0.5) is 5.69 Å². The highest BCUT2D eigenvalue weighted by Gasteiger charge is 2.28. The highest BCUT2D eigenvalue weighted by molar-refractivity contribution is 9.10. The number of ether oxygens (including phenoxy) is 1. The van der Waals surface area contributed by atoms with Crippen LogP contribution in [0.2, 0.25) is 5.02 Å². The molecule has 0 spiro atoms. The molecule has 2 aromatic rings. The van der Waals surface area contributed by atoms with Crippen LogP contribution >= 0.6 is 27.5 Å². The van der Waals surface area contributed by atoms with Crippen LogP contribution < -0.4 is 15.8 Å². The van der Waals surface area contributed by atoms with Gasteiger partial charge in [-0.15, -0.1) is 0 Å². The maximum Gasteiger partial charge on any atom is 0.245 e. The number of nitrogens with one attached hydrogen (secondary N) is 1. The molecule has 0 fully saturated rings. The van der Waals surface area contributed by atoms with Crippen molar-refractivity contribution in [2.45, 2.75) is 13.0 Å². The Hall–Kier alpha value is -1.56. The molecular formula is C15H12BrClN2O2. The Morgan fingerprint density at radius 3 is 2.76 bits per heavy atom. The van der Waals surface area contributed by atoms with Crippen LogP contribution in [0.3, 0.4) is 0 Å². The first-order chi connectivity index (χ1) is 9.95. The first-order valence-corrected chi connectivity index (χ1v) is 7.46. The second-order valence-electron chi connectivity index (χ2n) is 4.87. The molecule has 2 aromatic carbocycles. The molecule has 1 aliphatic heterocycles. The zero-order chi connectivity index (χ0) is 15.1. The van der Waals surface area contributed by atoms with Crippen LogP contribution in [0.15, 0.2) is 34.8 Å². The van der Waals surface area contributed by atoms with E-state index in [1.165, 1.54) is 0 Å². The SMILES string of the molecule is Cc1ccc(Oc2cc3c(cc2Cl)C(N)C(=O)N3)c(Br)c1. The molecule has 4 nitrogen and oxygen atoms in total. The molecule has 3 N–H and O–H groups in total. The normalized spacial score (nSPS) is 16.6. The van der Waals surface area contributed by atoms with Crippen molar-refractivity contribution >= 4 is 39.1 Å². The summed E-state index contributed by atoms with van der Waals surface area (Å²) in [5.74, 6) is 0.875. The number of benzene rings is 2. The molecule has 0 saturated carbocycles. The third-order valence-electron chi connectivity index (χ3n) is 3.29. The van der Waals surface area contributed by atoms with Gasteiger partial charge in [-0.25, -0.2) is 0 Å². The summed E-state index contributed by atoms with van der Waals surface area (Å²) in [6.45, 7) is 1.99. The predicted molar refractivity (Wildman–Crippen MR) is 86.0 cm³/mol. The van der Waals surface area contributed by atoms with Crippen LogP contribution in [0.5, 0.6) is 11.5 Å². The van der Waals surface area contributed by atoms with Gasteiger partial charge in [-0.3, -0.25) is 4.79 Å². The van der Waals surface area contributed by atoms with Crippen LogP contribution in [0.1, 0.15) is 17.2 Å². The fourth-order valence-corrected chi connectivity index (χ4v) is 2.96. The smallest absolute Gasteiger partial charge is 0.245 e. The van der Waals surface area contributed by atoms with E-state index in [2.05, 4.69) is 21.2 Å². The molecule has 6 heteroatoms. The summed E-state index contributed by atoms with van der Waals surface area (Å²) < 4.78 is 6.65.